The number of benzene rings is 2. The van der Waals surface area contributed by atoms with Gasteiger partial charge >= 0.3 is 0 Å². The van der Waals surface area contributed by atoms with E-state index in [1.54, 1.807) is 11.8 Å². The molecule has 25 heavy (non-hydrogen) atoms. The lowest BCUT2D eigenvalue weighted by atomic mass is 9.58. The van der Waals surface area contributed by atoms with Crippen LogP contribution in [-0.2, 0) is 0 Å². The van der Waals surface area contributed by atoms with E-state index >= 15 is 0 Å². The molecule has 1 unspecified atom stereocenters. The highest BCUT2D eigenvalue weighted by Gasteiger charge is 2.49. The van der Waals surface area contributed by atoms with Crippen LogP contribution < -0.4 is 5.73 Å². The highest BCUT2D eigenvalue weighted by atomic mass is 32.2. The molecule has 1 atom stereocenters. The zero-order chi connectivity index (χ0) is 17.5. The van der Waals surface area contributed by atoms with Gasteiger partial charge in [0.15, 0.2) is 0 Å². The topological polar surface area (TPSA) is 38.9 Å². The Morgan fingerprint density at radius 1 is 1.00 bits per heavy atom. The predicted octanol–water partition coefficient (Wildman–Crippen LogP) is 5.51. The predicted molar refractivity (Wildman–Crippen MR) is 108 cm³/mol. The lowest BCUT2D eigenvalue weighted by Gasteiger charge is -2.54. The summed E-state index contributed by atoms with van der Waals surface area (Å²) in [5, 5.41) is 2.26. The van der Waals surface area contributed by atoms with Crippen molar-refractivity contribution < 1.29 is 0 Å². The summed E-state index contributed by atoms with van der Waals surface area (Å²) >= 11 is 1.81. The van der Waals surface area contributed by atoms with Crippen LogP contribution in [0.2, 0.25) is 0 Å². The molecule has 128 valence electrons. The summed E-state index contributed by atoms with van der Waals surface area (Å²) in [4.78, 5) is 4.97. The number of hydrogen-bond donors (Lipinski definition) is 1. The average molecular weight is 349 g/mol. The largest absolute Gasteiger partial charge is 0.324 e. The number of nitrogens with zero attached hydrogens (tertiary/aromatic N) is 1. The Morgan fingerprint density at radius 3 is 2.40 bits per heavy atom. The van der Waals surface area contributed by atoms with Crippen LogP contribution >= 0.6 is 11.8 Å². The van der Waals surface area contributed by atoms with Crippen molar-refractivity contribution in [3.05, 3.63) is 60.7 Å². The molecule has 1 aliphatic carbocycles. The van der Waals surface area contributed by atoms with Gasteiger partial charge in [0.05, 0.1) is 5.52 Å². The first-order valence-corrected chi connectivity index (χ1v) is 9.84. The van der Waals surface area contributed by atoms with E-state index in [4.69, 9.17) is 10.7 Å². The van der Waals surface area contributed by atoms with Gasteiger partial charge in [-0.05, 0) is 36.0 Å². The van der Waals surface area contributed by atoms with Crippen molar-refractivity contribution in [1.29, 1.82) is 0 Å². The second-order valence-corrected chi connectivity index (χ2v) is 8.69. The highest BCUT2D eigenvalue weighted by Crippen LogP contribution is 2.50. The van der Waals surface area contributed by atoms with Crippen molar-refractivity contribution in [1.82, 2.24) is 4.98 Å². The second-order valence-electron chi connectivity index (χ2n) is 7.73. The van der Waals surface area contributed by atoms with E-state index in [1.807, 2.05) is 6.07 Å². The zero-order valence-corrected chi connectivity index (χ0v) is 15.6. The average Bonchev–Trinajstić information content (AvgIpc) is 2.65. The second kappa shape index (κ2) is 6.15. The van der Waals surface area contributed by atoms with E-state index in [2.05, 4.69) is 68.4 Å². The number of para-hydroxylation sites is 1. The number of fused-ring (bicyclic) bond motifs is 1. The van der Waals surface area contributed by atoms with Gasteiger partial charge in [0, 0.05) is 22.2 Å². The van der Waals surface area contributed by atoms with Gasteiger partial charge in [-0.25, -0.2) is 4.98 Å². The first-order valence-electron chi connectivity index (χ1n) is 8.85. The fraction of sp³-hybridized carbons (Fsp3) is 0.318. The third kappa shape index (κ3) is 2.96. The summed E-state index contributed by atoms with van der Waals surface area (Å²) in [6, 6.07) is 21.1. The minimum Gasteiger partial charge on any atom is -0.324 e. The van der Waals surface area contributed by atoms with Crippen LogP contribution in [0.4, 0.5) is 0 Å². The number of aromatic nitrogens is 1. The highest BCUT2D eigenvalue weighted by molar-refractivity contribution is 7.99. The van der Waals surface area contributed by atoms with Crippen molar-refractivity contribution in [3.8, 4) is 11.1 Å². The van der Waals surface area contributed by atoms with Gasteiger partial charge in [-0.2, -0.15) is 0 Å². The molecule has 0 spiro atoms. The Bertz CT molecular complexity index is 904. The smallest absolute Gasteiger partial charge is 0.105 e. The van der Waals surface area contributed by atoms with Gasteiger partial charge in [-0.15, -0.1) is 11.8 Å². The van der Waals surface area contributed by atoms with E-state index in [9.17, 15) is 0 Å². The van der Waals surface area contributed by atoms with Crippen LogP contribution in [0.1, 0.15) is 26.7 Å². The standard InChI is InChI=1S/C22H24N2S/c1-21(2)12-13-22(21,23)15-25-20-18(16-8-4-3-5-9-16)14-17-10-6-7-11-19(17)24-20/h3-11,14H,12-13,15,23H2,1-2H3. The van der Waals surface area contributed by atoms with Crippen LogP contribution in [0.5, 0.6) is 0 Å². The van der Waals surface area contributed by atoms with Crippen molar-refractivity contribution in [2.45, 2.75) is 37.3 Å². The molecule has 1 aromatic heterocycles. The Hall–Kier alpha value is -1.84. The number of hydrogen-bond acceptors (Lipinski definition) is 3. The lowest BCUT2D eigenvalue weighted by Crippen LogP contribution is -2.62. The summed E-state index contributed by atoms with van der Waals surface area (Å²) in [7, 11) is 0. The summed E-state index contributed by atoms with van der Waals surface area (Å²) in [6.07, 6.45) is 2.31. The minimum atomic E-state index is -0.0983. The fourth-order valence-corrected chi connectivity index (χ4v) is 4.87. The molecule has 4 rings (SSSR count). The lowest BCUT2D eigenvalue weighted by molar-refractivity contribution is 0.0555. The summed E-state index contributed by atoms with van der Waals surface area (Å²) < 4.78 is 0. The van der Waals surface area contributed by atoms with Crippen LogP contribution in [-0.4, -0.2) is 16.3 Å². The molecule has 1 saturated carbocycles. The summed E-state index contributed by atoms with van der Waals surface area (Å²) in [6.45, 7) is 4.56. The first-order chi connectivity index (χ1) is 12.0. The maximum atomic E-state index is 6.68. The van der Waals surface area contributed by atoms with Gasteiger partial charge in [-0.1, -0.05) is 62.4 Å². The molecular formula is C22H24N2S. The first kappa shape index (κ1) is 16.6. The summed E-state index contributed by atoms with van der Waals surface area (Å²) in [5.41, 5.74) is 10.2. The molecular weight excluding hydrogens is 324 g/mol. The molecule has 2 aromatic carbocycles. The minimum absolute atomic E-state index is 0.0983. The summed E-state index contributed by atoms with van der Waals surface area (Å²) in [5.74, 6) is 0.908. The normalized spacial score (nSPS) is 21.9. The van der Waals surface area contributed by atoms with E-state index in [0.29, 0.717) is 0 Å². The van der Waals surface area contributed by atoms with Gasteiger partial charge in [0.2, 0.25) is 0 Å². The zero-order valence-electron chi connectivity index (χ0n) is 14.8. The third-order valence-electron chi connectivity index (χ3n) is 5.78. The molecule has 1 fully saturated rings. The maximum absolute atomic E-state index is 6.68. The van der Waals surface area contributed by atoms with Crippen molar-refractivity contribution in [2.75, 3.05) is 5.75 Å². The van der Waals surface area contributed by atoms with Gasteiger partial charge in [0.25, 0.3) is 0 Å². The van der Waals surface area contributed by atoms with E-state index in [0.717, 1.165) is 22.7 Å². The Balaban J connectivity index is 1.73. The quantitative estimate of drug-likeness (QED) is 0.632. The van der Waals surface area contributed by atoms with Crippen LogP contribution in [0.3, 0.4) is 0 Å². The van der Waals surface area contributed by atoms with Gasteiger partial charge < -0.3 is 5.73 Å². The molecule has 1 heterocycles. The molecule has 1 aliphatic rings. The third-order valence-corrected chi connectivity index (χ3v) is 7.03. The van der Waals surface area contributed by atoms with Crippen molar-refractivity contribution >= 4 is 22.7 Å². The van der Waals surface area contributed by atoms with E-state index in [1.165, 1.54) is 22.9 Å². The molecule has 2 nitrogen and oxygen atoms in total. The number of rotatable bonds is 4. The van der Waals surface area contributed by atoms with Crippen molar-refractivity contribution in [2.24, 2.45) is 11.1 Å². The molecule has 3 heteroatoms. The monoisotopic (exact) mass is 348 g/mol. The van der Waals surface area contributed by atoms with E-state index in [-0.39, 0.29) is 11.0 Å². The Kier molecular flexibility index (Phi) is 4.09. The Morgan fingerprint density at radius 2 is 1.72 bits per heavy atom. The number of thioether (sulfide) groups is 1. The fourth-order valence-electron chi connectivity index (χ4n) is 3.44. The van der Waals surface area contributed by atoms with Crippen LogP contribution in [0.25, 0.3) is 22.0 Å². The molecule has 0 amide bonds. The van der Waals surface area contributed by atoms with Crippen molar-refractivity contribution in [3.63, 3.8) is 0 Å². The van der Waals surface area contributed by atoms with Crippen LogP contribution in [0.15, 0.2) is 65.7 Å². The van der Waals surface area contributed by atoms with Crippen LogP contribution in [0, 0.1) is 5.41 Å². The molecule has 2 N–H and O–H groups in total. The molecule has 3 aromatic rings. The van der Waals surface area contributed by atoms with E-state index < -0.39 is 0 Å². The molecule has 0 bridgehead atoms. The number of pyridine rings is 1. The van der Waals surface area contributed by atoms with Gasteiger partial charge in [-0.3, -0.25) is 0 Å². The maximum Gasteiger partial charge on any atom is 0.105 e. The SMILES string of the molecule is CC1(C)CCC1(N)CSc1nc2ccccc2cc1-c1ccccc1. The van der Waals surface area contributed by atoms with Gasteiger partial charge in [0.1, 0.15) is 5.03 Å². The molecule has 0 radical (unpaired) electrons. The Labute approximate surface area is 153 Å². The number of nitrogens with two attached hydrogens (primary N) is 1. The molecule has 0 saturated heterocycles. The molecule has 0 aliphatic heterocycles.